The van der Waals surface area contributed by atoms with E-state index in [-0.39, 0.29) is 12.5 Å². The molecule has 0 aliphatic heterocycles. The van der Waals surface area contributed by atoms with Gasteiger partial charge in [-0.25, -0.2) is 0 Å². The van der Waals surface area contributed by atoms with E-state index in [0.717, 1.165) is 25.1 Å². The summed E-state index contributed by atoms with van der Waals surface area (Å²) in [6.07, 6.45) is 6.92. The van der Waals surface area contributed by atoms with Crippen LogP contribution in [0.2, 0.25) is 0 Å². The molecule has 1 rings (SSSR count). The topological polar surface area (TPSA) is 40.5 Å². The Morgan fingerprint density at radius 1 is 1.53 bits per heavy atom. The summed E-state index contributed by atoms with van der Waals surface area (Å²) in [5, 5.41) is 8.80. The third kappa shape index (κ3) is 4.03. The summed E-state index contributed by atoms with van der Waals surface area (Å²) in [6, 6.07) is 0.464. The van der Waals surface area contributed by atoms with E-state index < -0.39 is 0 Å². The summed E-state index contributed by atoms with van der Waals surface area (Å²) in [6.45, 7) is 0.910. The zero-order chi connectivity index (χ0) is 11.1. The van der Waals surface area contributed by atoms with Crippen LogP contribution in [-0.2, 0) is 4.79 Å². The van der Waals surface area contributed by atoms with Crippen LogP contribution in [0.3, 0.4) is 0 Å². The van der Waals surface area contributed by atoms with E-state index in [0.29, 0.717) is 18.9 Å². The van der Waals surface area contributed by atoms with Gasteiger partial charge in [-0.05, 0) is 31.9 Å². The van der Waals surface area contributed by atoms with Crippen molar-refractivity contribution in [1.82, 2.24) is 4.90 Å². The van der Waals surface area contributed by atoms with Gasteiger partial charge in [0.15, 0.2) is 0 Å². The molecule has 0 spiro atoms. The van der Waals surface area contributed by atoms with Crippen molar-refractivity contribution < 1.29 is 9.90 Å². The molecule has 0 aromatic rings. The van der Waals surface area contributed by atoms with Gasteiger partial charge < -0.3 is 10.0 Å². The summed E-state index contributed by atoms with van der Waals surface area (Å²) in [5.41, 5.74) is 0. The van der Waals surface area contributed by atoms with Crippen LogP contribution < -0.4 is 0 Å². The molecular weight excluding hydrogens is 210 g/mol. The van der Waals surface area contributed by atoms with E-state index in [9.17, 15) is 4.79 Å². The lowest BCUT2D eigenvalue weighted by molar-refractivity contribution is -0.134. The van der Waals surface area contributed by atoms with Gasteiger partial charge in [-0.2, -0.15) is 11.8 Å². The molecule has 0 aromatic carbocycles. The highest BCUT2D eigenvalue weighted by atomic mass is 32.2. The second-order valence-corrected chi connectivity index (χ2v) is 4.98. The molecule has 0 heterocycles. The van der Waals surface area contributed by atoms with Crippen LogP contribution in [0.4, 0.5) is 0 Å². The maximum absolute atomic E-state index is 11.9. The SMILES string of the molecule is CSCCC(=O)N(CCCO)C1CCC1. The van der Waals surface area contributed by atoms with Crippen molar-refractivity contribution in [2.45, 2.75) is 38.1 Å². The van der Waals surface area contributed by atoms with Gasteiger partial charge in [-0.3, -0.25) is 4.79 Å². The summed E-state index contributed by atoms with van der Waals surface area (Å²) in [5.74, 6) is 1.17. The largest absolute Gasteiger partial charge is 0.396 e. The van der Waals surface area contributed by atoms with Gasteiger partial charge in [0.05, 0.1) is 0 Å². The van der Waals surface area contributed by atoms with E-state index in [1.54, 1.807) is 11.8 Å². The molecule has 1 saturated carbocycles. The highest BCUT2D eigenvalue weighted by Gasteiger charge is 2.27. The zero-order valence-electron chi connectivity index (χ0n) is 9.45. The number of amides is 1. The molecule has 15 heavy (non-hydrogen) atoms. The molecule has 88 valence electrons. The minimum absolute atomic E-state index is 0.180. The number of hydrogen-bond donors (Lipinski definition) is 1. The van der Waals surface area contributed by atoms with Crippen molar-refractivity contribution in [1.29, 1.82) is 0 Å². The van der Waals surface area contributed by atoms with Crippen molar-refractivity contribution in [3.8, 4) is 0 Å². The van der Waals surface area contributed by atoms with Crippen molar-refractivity contribution >= 4 is 17.7 Å². The number of rotatable bonds is 7. The first-order valence-corrected chi connectivity index (χ1v) is 7.08. The first-order chi connectivity index (χ1) is 7.29. The fourth-order valence-corrected chi connectivity index (χ4v) is 2.16. The third-order valence-corrected chi connectivity index (χ3v) is 3.53. The smallest absolute Gasteiger partial charge is 0.223 e. The van der Waals surface area contributed by atoms with Gasteiger partial charge in [0.25, 0.3) is 0 Å². The van der Waals surface area contributed by atoms with E-state index in [4.69, 9.17) is 5.11 Å². The number of aliphatic hydroxyl groups is 1. The quantitative estimate of drug-likeness (QED) is 0.722. The highest BCUT2D eigenvalue weighted by molar-refractivity contribution is 7.98. The Morgan fingerprint density at radius 3 is 2.73 bits per heavy atom. The van der Waals surface area contributed by atoms with E-state index >= 15 is 0 Å². The van der Waals surface area contributed by atoms with Crippen LogP contribution in [0.5, 0.6) is 0 Å². The van der Waals surface area contributed by atoms with Crippen LogP contribution in [0, 0.1) is 0 Å². The van der Waals surface area contributed by atoms with Crippen LogP contribution in [0.25, 0.3) is 0 Å². The van der Waals surface area contributed by atoms with E-state index in [2.05, 4.69) is 0 Å². The first-order valence-electron chi connectivity index (χ1n) is 5.69. The maximum Gasteiger partial charge on any atom is 0.223 e. The van der Waals surface area contributed by atoms with Crippen molar-refractivity contribution in [3.05, 3.63) is 0 Å². The van der Waals surface area contributed by atoms with Crippen molar-refractivity contribution in [3.63, 3.8) is 0 Å². The second kappa shape index (κ2) is 7.12. The van der Waals surface area contributed by atoms with E-state index in [1.165, 1.54) is 6.42 Å². The number of carbonyl (C=O) groups excluding carboxylic acids is 1. The summed E-state index contributed by atoms with van der Waals surface area (Å²) >= 11 is 1.71. The molecule has 1 N–H and O–H groups in total. The molecule has 0 atom stereocenters. The predicted molar refractivity (Wildman–Crippen MR) is 64.1 cm³/mol. The van der Waals surface area contributed by atoms with Gasteiger partial charge in [-0.1, -0.05) is 0 Å². The molecule has 0 saturated heterocycles. The lowest BCUT2D eigenvalue weighted by Gasteiger charge is -2.37. The summed E-state index contributed by atoms with van der Waals surface area (Å²) in [7, 11) is 0. The Labute approximate surface area is 96.2 Å². The second-order valence-electron chi connectivity index (χ2n) is 3.99. The van der Waals surface area contributed by atoms with Gasteiger partial charge in [0, 0.05) is 31.4 Å². The maximum atomic E-state index is 11.9. The molecule has 1 aliphatic rings. The minimum Gasteiger partial charge on any atom is -0.396 e. The molecule has 4 heteroatoms. The monoisotopic (exact) mass is 231 g/mol. The molecule has 1 fully saturated rings. The normalized spacial score (nSPS) is 16.1. The summed E-state index contributed by atoms with van der Waals surface area (Å²) < 4.78 is 0. The molecule has 0 unspecified atom stereocenters. The minimum atomic E-state index is 0.180. The van der Waals surface area contributed by atoms with Crippen LogP contribution in [0.15, 0.2) is 0 Å². The Bertz CT molecular complexity index is 195. The molecule has 0 bridgehead atoms. The molecule has 0 radical (unpaired) electrons. The molecule has 1 amide bonds. The molecule has 1 aliphatic carbocycles. The van der Waals surface area contributed by atoms with Crippen molar-refractivity contribution in [2.75, 3.05) is 25.2 Å². The third-order valence-electron chi connectivity index (χ3n) is 2.91. The predicted octanol–water partition coefficient (Wildman–Crippen LogP) is 1.50. The number of thioether (sulfide) groups is 1. The lowest BCUT2D eigenvalue weighted by Crippen LogP contribution is -2.45. The fraction of sp³-hybridized carbons (Fsp3) is 0.909. The van der Waals surface area contributed by atoms with Crippen LogP contribution >= 0.6 is 11.8 Å². The molecule has 3 nitrogen and oxygen atoms in total. The lowest BCUT2D eigenvalue weighted by atomic mass is 9.91. The first kappa shape index (κ1) is 12.8. The number of carbonyl (C=O) groups is 1. The number of aliphatic hydroxyl groups excluding tert-OH is 1. The van der Waals surface area contributed by atoms with Crippen LogP contribution in [-0.4, -0.2) is 47.1 Å². The highest BCUT2D eigenvalue weighted by Crippen LogP contribution is 2.25. The average molecular weight is 231 g/mol. The number of nitrogens with zero attached hydrogens (tertiary/aromatic N) is 1. The Balaban J connectivity index is 2.35. The van der Waals surface area contributed by atoms with Gasteiger partial charge in [0.1, 0.15) is 0 Å². The Hall–Kier alpha value is -0.220. The van der Waals surface area contributed by atoms with Gasteiger partial charge >= 0.3 is 0 Å². The van der Waals surface area contributed by atoms with E-state index in [1.807, 2.05) is 11.2 Å². The van der Waals surface area contributed by atoms with Gasteiger partial charge in [0.2, 0.25) is 5.91 Å². The van der Waals surface area contributed by atoms with Crippen LogP contribution in [0.1, 0.15) is 32.1 Å². The fourth-order valence-electron chi connectivity index (χ4n) is 1.78. The molecular formula is C11H21NO2S. The Kier molecular flexibility index (Phi) is 6.10. The Morgan fingerprint density at radius 2 is 2.27 bits per heavy atom. The van der Waals surface area contributed by atoms with Crippen molar-refractivity contribution in [2.24, 2.45) is 0 Å². The average Bonchev–Trinajstić information content (AvgIpc) is 2.17. The number of hydrogen-bond acceptors (Lipinski definition) is 3. The zero-order valence-corrected chi connectivity index (χ0v) is 10.3. The standard InChI is InChI=1S/C11H21NO2S/c1-15-9-6-11(14)12(7-3-8-13)10-4-2-5-10/h10,13H,2-9H2,1H3. The van der Waals surface area contributed by atoms with Gasteiger partial charge in [-0.15, -0.1) is 0 Å². The molecule has 0 aromatic heterocycles. The summed E-state index contributed by atoms with van der Waals surface area (Å²) in [4.78, 5) is 13.9.